The van der Waals surface area contributed by atoms with Crippen LogP contribution in [-0.2, 0) is 0 Å². The van der Waals surface area contributed by atoms with Crippen molar-refractivity contribution in [1.29, 1.82) is 0 Å². The van der Waals surface area contributed by atoms with E-state index in [-0.39, 0.29) is 11.5 Å². The summed E-state index contributed by atoms with van der Waals surface area (Å²) >= 11 is 0. The Hall–Kier alpha value is -3.68. The number of furan rings is 1. The van der Waals surface area contributed by atoms with Gasteiger partial charge in [-0.3, -0.25) is 4.79 Å². The standard InChI is InChI=1S/C20H16FN3O4/c1-3-26-16-7-6-12(9-14(16)21)22-19(25)13-10-15(17-5-4-8-27-17)23-20-18(13)11(2)24-28-20/h4-10H,3H2,1-2H3,(H,22,25). The first kappa shape index (κ1) is 17.7. The number of aryl methyl sites for hydroxylation is 1. The van der Waals surface area contributed by atoms with Gasteiger partial charge in [-0.05, 0) is 44.2 Å². The van der Waals surface area contributed by atoms with Crippen LogP contribution in [0.3, 0.4) is 0 Å². The summed E-state index contributed by atoms with van der Waals surface area (Å²) in [5.41, 5.74) is 1.76. The lowest BCUT2D eigenvalue weighted by atomic mass is 10.1. The predicted octanol–water partition coefficient (Wildman–Crippen LogP) is 4.58. The number of amides is 1. The predicted molar refractivity (Wildman–Crippen MR) is 99.8 cm³/mol. The lowest BCUT2D eigenvalue weighted by molar-refractivity contribution is 0.102. The SMILES string of the molecule is CCOc1ccc(NC(=O)c2cc(-c3ccco3)nc3onc(C)c23)cc1F. The summed E-state index contributed by atoms with van der Waals surface area (Å²) in [7, 11) is 0. The second-order valence-electron chi connectivity index (χ2n) is 6.01. The minimum atomic E-state index is -0.558. The van der Waals surface area contributed by atoms with E-state index in [2.05, 4.69) is 15.5 Å². The summed E-state index contributed by atoms with van der Waals surface area (Å²) in [6.45, 7) is 3.83. The Morgan fingerprint density at radius 2 is 2.14 bits per heavy atom. The van der Waals surface area contributed by atoms with Gasteiger partial charge in [0.25, 0.3) is 11.6 Å². The summed E-state index contributed by atoms with van der Waals surface area (Å²) in [5.74, 6) is -0.397. The molecule has 0 aliphatic carbocycles. The lowest BCUT2D eigenvalue weighted by Gasteiger charge is -2.09. The molecule has 142 valence electrons. The number of benzene rings is 1. The van der Waals surface area contributed by atoms with Gasteiger partial charge < -0.3 is 19.0 Å². The molecule has 0 fully saturated rings. The molecule has 8 heteroatoms. The second-order valence-corrected chi connectivity index (χ2v) is 6.01. The number of nitrogens with one attached hydrogen (secondary N) is 1. The van der Waals surface area contributed by atoms with E-state index < -0.39 is 11.7 Å². The van der Waals surface area contributed by atoms with Gasteiger partial charge >= 0.3 is 0 Å². The zero-order valence-electron chi connectivity index (χ0n) is 15.2. The fourth-order valence-electron chi connectivity index (χ4n) is 2.87. The first-order valence-electron chi connectivity index (χ1n) is 8.61. The number of halogens is 1. The number of nitrogens with zero attached hydrogens (tertiary/aromatic N) is 2. The number of hydrogen-bond donors (Lipinski definition) is 1. The van der Waals surface area contributed by atoms with Gasteiger partial charge in [0, 0.05) is 11.8 Å². The number of hydrogen-bond acceptors (Lipinski definition) is 6. The molecule has 0 aliphatic heterocycles. The van der Waals surface area contributed by atoms with Crippen molar-refractivity contribution in [1.82, 2.24) is 10.1 Å². The topological polar surface area (TPSA) is 90.4 Å². The number of fused-ring (bicyclic) bond motifs is 1. The van der Waals surface area contributed by atoms with Crippen molar-refractivity contribution in [3.8, 4) is 17.2 Å². The van der Waals surface area contributed by atoms with Crippen molar-refractivity contribution >= 4 is 22.7 Å². The van der Waals surface area contributed by atoms with Crippen LogP contribution < -0.4 is 10.1 Å². The maximum absolute atomic E-state index is 14.1. The van der Waals surface area contributed by atoms with Crippen molar-refractivity contribution in [2.75, 3.05) is 11.9 Å². The molecule has 0 saturated carbocycles. The molecular formula is C20H16FN3O4. The normalized spacial score (nSPS) is 11.0. The Balaban J connectivity index is 1.72. The summed E-state index contributed by atoms with van der Waals surface area (Å²) in [6.07, 6.45) is 1.51. The molecule has 0 unspecified atom stereocenters. The number of carbonyl (C=O) groups excluding carboxylic acids is 1. The minimum absolute atomic E-state index is 0.127. The van der Waals surface area contributed by atoms with E-state index in [4.69, 9.17) is 13.7 Å². The first-order valence-corrected chi connectivity index (χ1v) is 8.61. The lowest BCUT2D eigenvalue weighted by Crippen LogP contribution is -2.13. The zero-order chi connectivity index (χ0) is 19.7. The minimum Gasteiger partial charge on any atom is -0.491 e. The molecule has 0 bridgehead atoms. The highest BCUT2D eigenvalue weighted by atomic mass is 19.1. The molecule has 0 spiro atoms. The van der Waals surface area contributed by atoms with Gasteiger partial charge in [0.15, 0.2) is 17.3 Å². The molecule has 1 aromatic carbocycles. The fourth-order valence-corrected chi connectivity index (χ4v) is 2.87. The van der Waals surface area contributed by atoms with Crippen molar-refractivity contribution in [3.63, 3.8) is 0 Å². The third-order valence-corrected chi connectivity index (χ3v) is 4.12. The van der Waals surface area contributed by atoms with Gasteiger partial charge in [-0.2, -0.15) is 0 Å². The number of rotatable bonds is 5. The van der Waals surface area contributed by atoms with Crippen LogP contribution in [-0.4, -0.2) is 22.7 Å². The Labute approximate surface area is 159 Å². The Kier molecular flexibility index (Phi) is 4.52. The molecule has 0 saturated heterocycles. The molecular weight excluding hydrogens is 365 g/mol. The van der Waals surface area contributed by atoms with E-state index in [9.17, 15) is 9.18 Å². The van der Waals surface area contributed by atoms with Gasteiger partial charge in [-0.25, -0.2) is 9.37 Å². The molecule has 3 aromatic heterocycles. The van der Waals surface area contributed by atoms with Crippen LogP contribution in [0.1, 0.15) is 23.0 Å². The quantitative estimate of drug-likeness (QED) is 0.544. The largest absolute Gasteiger partial charge is 0.491 e. The molecule has 3 heterocycles. The van der Waals surface area contributed by atoms with Crippen molar-refractivity contribution in [2.24, 2.45) is 0 Å². The van der Waals surface area contributed by atoms with E-state index in [1.807, 2.05) is 0 Å². The first-order chi connectivity index (χ1) is 13.6. The smallest absolute Gasteiger partial charge is 0.259 e. The number of carbonyl (C=O) groups is 1. The van der Waals surface area contributed by atoms with Crippen LogP contribution in [0.25, 0.3) is 22.6 Å². The van der Waals surface area contributed by atoms with Crippen LogP contribution in [0.5, 0.6) is 5.75 Å². The van der Waals surface area contributed by atoms with Crippen molar-refractivity contribution in [2.45, 2.75) is 13.8 Å². The van der Waals surface area contributed by atoms with Crippen LogP contribution in [0.4, 0.5) is 10.1 Å². The number of ether oxygens (including phenoxy) is 1. The molecule has 7 nitrogen and oxygen atoms in total. The third kappa shape index (κ3) is 3.20. The van der Waals surface area contributed by atoms with Gasteiger partial charge in [0.05, 0.1) is 29.5 Å². The zero-order valence-corrected chi connectivity index (χ0v) is 15.2. The van der Waals surface area contributed by atoms with Gasteiger partial charge in [-0.15, -0.1) is 0 Å². The average molecular weight is 381 g/mol. The summed E-state index contributed by atoms with van der Waals surface area (Å²) in [6, 6.07) is 9.27. The van der Waals surface area contributed by atoms with Gasteiger partial charge in [-0.1, -0.05) is 5.16 Å². The van der Waals surface area contributed by atoms with E-state index in [0.29, 0.717) is 40.4 Å². The average Bonchev–Trinajstić information content (AvgIpc) is 3.34. The molecule has 4 aromatic rings. The van der Waals surface area contributed by atoms with E-state index in [0.717, 1.165) is 0 Å². The Morgan fingerprint density at radius 1 is 1.29 bits per heavy atom. The van der Waals surface area contributed by atoms with Crippen molar-refractivity contribution < 1.29 is 22.9 Å². The van der Waals surface area contributed by atoms with Gasteiger partial charge in [0.1, 0.15) is 5.69 Å². The third-order valence-electron chi connectivity index (χ3n) is 4.12. The highest BCUT2D eigenvalue weighted by Crippen LogP contribution is 2.28. The molecule has 0 radical (unpaired) electrons. The van der Waals surface area contributed by atoms with Crippen LogP contribution in [0.15, 0.2) is 51.6 Å². The van der Waals surface area contributed by atoms with E-state index in [1.165, 1.54) is 18.4 Å². The molecule has 0 aliphatic rings. The Morgan fingerprint density at radius 3 is 2.86 bits per heavy atom. The number of pyridine rings is 1. The van der Waals surface area contributed by atoms with Crippen LogP contribution in [0, 0.1) is 12.7 Å². The molecule has 1 amide bonds. The molecule has 0 atom stereocenters. The highest BCUT2D eigenvalue weighted by molar-refractivity contribution is 6.12. The maximum atomic E-state index is 14.1. The Bertz CT molecular complexity index is 1150. The second kappa shape index (κ2) is 7.15. The number of anilines is 1. The molecule has 1 N–H and O–H groups in total. The van der Waals surface area contributed by atoms with Crippen LogP contribution in [0.2, 0.25) is 0 Å². The highest BCUT2D eigenvalue weighted by Gasteiger charge is 2.20. The fraction of sp³-hybridized carbons (Fsp3) is 0.150. The van der Waals surface area contributed by atoms with Crippen LogP contribution >= 0.6 is 0 Å². The van der Waals surface area contributed by atoms with E-state index in [1.54, 1.807) is 38.1 Å². The maximum Gasteiger partial charge on any atom is 0.259 e. The summed E-state index contributed by atoms with van der Waals surface area (Å²) in [5, 5.41) is 7.06. The number of aromatic nitrogens is 2. The van der Waals surface area contributed by atoms with Crippen molar-refractivity contribution in [3.05, 3.63) is 59.7 Å². The molecule has 4 rings (SSSR count). The van der Waals surface area contributed by atoms with Gasteiger partial charge in [0.2, 0.25) is 0 Å². The molecule has 28 heavy (non-hydrogen) atoms. The summed E-state index contributed by atoms with van der Waals surface area (Å²) in [4.78, 5) is 17.3. The summed E-state index contributed by atoms with van der Waals surface area (Å²) < 4.78 is 29.8. The van der Waals surface area contributed by atoms with E-state index >= 15 is 0 Å². The monoisotopic (exact) mass is 381 g/mol.